The fourth-order valence-electron chi connectivity index (χ4n) is 2.09. The van der Waals surface area contributed by atoms with Gasteiger partial charge >= 0.3 is 0 Å². The van der Waals surface area contributed by atoms with E-state index in [0.717, 1.165) is 19.4 Å². The molecule has 0 saturated carbocycles. The van der Waals surface area contributed by atoms with Crippen molar-refractivity contribution in [2.24, 2.45) is 5.41 Å². The van der Waals surface area contributed by atoms with Crippen LogP contribution in [0.3, 0.4) is 0 Å². The Bertz CT molecular complexity index is 419. The zero-order chi connectivity index (χ0) is 12.3. The molecule has 18 heavy (non-hydrogen) atoms. The smallest absolute Gasteiger partial charge is 0.231 e. The van der Waals surface area contributed by atoms with Crippen LogP contribution in [-0.2, 0) is 4.79 Å². The van der Waals surface area contributed by atoms with Crippen molar-refractivity contribution >= 4 is 24.0 Å². The first-order valence-corrected chi connectivity index (χ1v) is 5.88. The average Bonchev–Trinajstić information content (AvgIpc) is 2.33. The van der Waals surface area contributed by atoms with E-state index in [1.807, 2.05) is 6.92 Å². The number of piperidine rings is 1. The number of para-hydroxylation sites is 1. The van der Waals surface area contributed by atoms with Gasteiger partial charge in [-0.1, -0.05) is 12.1 Å². The molecule has 1 fully saturated rings. The minimum atomic E-state index is -0.444. The highest BCUT2D eigenvalue weighted by Crippen LogP contribution is 2.27. The maximum absolute atomic E-state index is 13.4. The zero-order valence-electron chi connectivity index (χ0n) is 10.3. The first kappa shape index (κ1) is 14.9. The van der Waals surface area contributed by atoms with Gasteiger partial charge in [0.2, 0.25) is 5.91 Å². The number of rotatable bonds is 2. The lowest BCUT2D eigenvalue weighted by atomic mass is 9.82. The lowest BCUT2D eigenvalue weighted by Crippen LogP contribution is -2.46. The third-order valence-electron chi connectivity index (χ3n) is 3.27. The van der Waals surface area contributed by atoms with Gasteiger partial charge in [-0.15, -0.1) is 12.4 Å². The maximum atomic E-state index is 13.4. The predicted octanol–water partition coefficient (Wildman–Crippen LogP) is 2.58. The third-order valence-corrected chi connectivity index (χ3v) is 3.27. The Morgan fingerprint density at radius 1 is 1.44 bits per heavy atom. The van der Waals surface area contributed by atoms with Gasteiger partial charge in [0.05, 0.1) is 11.1 Å². The normalized spacial score (nSPS) is 23.0. The number of nitrogens with one attached hydrogen (secondary N) is 2. The molecule has 2 N–H and O–H groups in total. The van der Waals surface area contributed by atoms with Gasteiger partial charge in [-0.25, -0.2) is 4.39 Å². The zero-order valence-corrected chi connectivity index (χ0v) is 11.1. The largest absolute Gasteiger partial charge is 0.323 e. The summed E-state index contributed by atoms with van der Waals surface area (Å²) in [6, 6.07) is 6.24. The number of benzene rings is 1. The molecule has 1 saturated heterocycles. The van der Waals surface area contributed by atoms with Crippen LogP contribution in [0.2, 0.25) is 0 Å². The molecule has 3 nitrogen and oxygen atoms in total. The summed E-state index contributed by atoms with van der Waals surface area (Å²) >= 11 is 0. The Labute approximate surface area is 113 Å². The van der Waals surface area contributed by atoms with Gasteiger partial charge < -0.3 is 10.6 Å². The molecule has 100 valence electrons. The molecule has 0 bridgehead atoms. The van der Waals surface area contributed by atoms with Crippen molar-refractivity contribution in [2.45, 2.75) is 19.8 Å². The number of halogens is 2. The van der Waals surface area contributed by atoms with Crippen LogP contribution in [0.4, 0.5) is 10.1 Å². The summed E-state index contributed by atoms with van der Waals surface area (Å²) in [5.74, 6) is -0.511. The van der Waals surface area contributed by atoms with Crippen molar-refractivity contribution in [3.63, 3.8) is 0 Å². The van der Waals surface area contributed by atoms with Gasteiger partial charge in [0.1, 0.15) is 5.82 Å². The van der Waals surface area contributed by atoms with E-state index in [1.165, 1.54) is 6.07 Å². The molecule has 0 radical (unpaired) electrons. The molecule has 1 aromatic carbocycles. The van der Waals surface area contributed by atoms with Crippen molar-refractivity contribution in [2.75, 3.05) is 18.4 Å². The Balaban J connectivity index is 0.00000162. The minimum absolute atomic E-state index is 0. The van der Waals surface area contributed by atoms with Crippen molar-refractivity contribution < 1.29 is 9.18 Å². The molecule has 0 aromatic heterocycles. The molecule has 1 heterocycles. The second-order valence-electron chi connectivity index (χ2n) is 4.77. The quantitative estimate of drug-likeness (QED) is 0.869. The molecule has 1 atom stereocenters. The number of hydrogen-bond donors (Lipinski definition) is 2. The average molecular weight is 273 g/mol. The second-order valence-corrected chi connectivity index (χ2v) is 4.77. The van der Waals surface area contributed by atoms with Gasteiger partial charge in [0.15, 0.2) is 0 Å². The molecule has 1 amide bonds. The molecule has 0 aliphatic carbocycles. The number of amides is 1. The van der Waals surface area contributed by atoms with E-state index in [1.54, 1.807) is 18.2 Å². The van der Waals surface area contributed by atoms with E-state index in [0.29, 0.717) is 6.54 Å². The van der Waals surface area contributed by atoms with Gasteiger partial charge in [-0.05, 0) is 38.4 Å². The van der Waals surface area contributed by atoms with Crippen molar-refractivity contribution in [3.05, 3.63) is 30.1 Å². The first-order valence-electron chi connectivity index (χ1n) is 5.88. The lowest BCUT2D eigenvalue weighted by molar-refractivity contribution is -0.125. The highest BCUT2D eigenvalue weighted by atomic mass is 35.5. The molecule has 2 rings (SSSR count). The summed E-state index contributed by atoms with van der Waals surface area (Å²) in [5, 5.41) is 5.87. The van der Waals surface area contributed by atoms with E-state index in [4.69, 9.17) is 0 Å². The number of carbonyl (C=O) groups is 1. The van der Waals surface area contributed by atoms with Gasteiger partial charge in [0, 0.05) is 6.54 Å². The van der Waals surface area contributed by atoms with Crippen LogP contribution < -0.4 is 10.6 Å². The van der Waals surface area contributed by atoms with Crippen LogP contribution >= 0.6 is 12.4 Å². The molecule has 1 unspecified atom stereocenters. The minimum Gasteiger partial charge on any atom is -0.323 e. The van der Waals surface area contributed by atoms with Gasteiger partial charge in [0.25, 0.3) is 0 Å². The van der Waals surface area contributed by atoms with Crippen LogP contribution in [0.5, 0.6) is 0 Å². The van der Waals surface area contributed by atoms with E-state index in [2.05, 4.69) is 10.6 Å². The molecule has 1 aliphatic rings. The summed E-state index contributed by atoms with van der Waals surface area (Å²) in [6.07, 6.45) is 1.81. The third kappa shape index (κ3) is 3.21. The fourth-order valence-corrected chi connectivity index (χ4v) is 2.09. The fraction of sp³-hybridized carbons (Fsp3) is 0.462. The van der Waals surface area contributed by atoms with Crippen LogP contribution in [0.15, 0.2) is 24.3 Å². The van der Waals surface area contributed by atoms with Gasteiger partial charge in [-0.2, -0.15) is 0 Å². The molecule has 5 heteroatoms. The van der Waals surface area contributed by atoms with Crippen LogP contribution in [0.25, 0.3) is 0 Å². The van der Waals surface area contributed by atoms with Crippen LogP contribution in [-0.4, -0.2) is 19.0 Å². The molecular weight excluding hydrogens is 255 g/mol. The standard InChI is InChI=1S/C13H17FN2O.ClH/c1-13(7-4-8-15-9-13)12(17)16-11-6-3-2-5-10(11)14;/h2-3,5-6,15H,4,7-9H2,1H3,(H,16,17);1H. The topological polar surface area (TPSA) is 41.1 Å². The molecular formula is C13H18ClFN2O. The number of anilines is 1. The summed E-state index contributed by atoms with van der Waals surface area (Å²) in [5.41, 5.74) is -0.190. The lowest BCUT2D eigenvalue weighted by Gasteiger charge is -2.32. The number of hydrogen-bond acceptors (Lipinski definition) is 2. The summed E-state index contributed by atoms with van der Waals surface area (Å²) in [7, 11) is 0. The maximum Gasteiger partial charge on any atom is 0.231 e. The molecule has 1 aliphatic heterocycles. The Morgan fingerprint density at radius 2 is 2.17 bits per heavy atom. The van der Waals surface area contributed by atoms with Crippen molar-refractivity contribution in [1.82, 2.24) is 5.32 Å². The van der Waals surface area contributed by atoms with E-state index in [9.17, 15) is 9.18 Å². The Morgan fingerprint density at radius 3 is 2.78 bits per heavy atom. The van der Waals surface area contributed by atoms with E-state index >= 15 is 0 Å². The van der Waals surface area contributed by atoms with Gasteiger partial charge in [-0.3, -0.25) is 4.79 Å². The Hall–Kier alpha value is -1.13. The second kappa shape index (κ2) is 6.16. The van der Waals surface area contributed by atoms with E-state index < -0.39 is 11.2 Å². The SMILES string of the molecule is CC1(C(=O)Nc2ccccc2F)CCCNC1.Cl. The van der Waals surface area contributed by atoms with Crippen molar-refractivity contribution in [1.29, 1.82) is 0 Å². The summed E-state index contributed by atoms with van der Waals surface area (Å²) in [4.78, 5) is 12.1. The van der Waals surface area contributed by atoms with Crippen LogP contribution in [0.1, 0.15) is 19.8 Å². The molecule has 1 aromatic rings. The van der Waals surface area contributed by atoms with Crippen LogP contribution in [0, 0.1) is 11.2 Å². The summed E-state index contributed by atoms with van der Waals surface area (Å²) < 4.78 is 13.4. The first-order chi connectivity index (χ1) is 8.12. The monoisotopic (exact) mass is 272 g/mol. The Kier molecular flexibility index (Phi) is 5.11. The van der Waals surface area contributed by atoms with Crippen molar-refractivity contribution in [3.8, 4) is 0 Å². The molecule has 0 spiro atoms. The highest BCUT2D eigenvalue weighted by molar-refractivity contribution is 5.95. The summed E-state index contributed by atoms with van der Waals surface area (Å²) in [6.45, 7) is 3.51. The van der Waals surface area contributed by atoms with E-state index in [-0.39, 0.29) is 24.0 Å². The highest BCUT2D eigenvalue weighted by Gasteiger charge is 2.34. The predicted molar refractivity (Wildman–Crippen MR) is 72.5 cm³/mol. The number of carbonyl (C=O) groups excluding carboxylic acids is 1.